The Labute approximate surface area is 88.7 Å². The maximum Gasteiger partial charge on any atom is 0.115 e. The van der Waals surface area contributed by atoms with Crippen molar-refractivity contribution in [1.82, 2.24) is 15.3 Å². The Bertz CT molecular complexity index is 259. The van der Waals surface area contributed by atoms with Crippen LogP contribution < -0.4 is 5.32 Å². The number of hydrogen-bond acceptors (Lipinski definition) is 4. The number of nitrogens with one attached hydrogen (secondary N) is 1. The molecule has 1 aliphatic heterocycles. The van der Waals surface area contributed by atoms with Crippen molar-refractivity contribution >= 4 is 11.8 Å². The van der Waals surface area contributed by atoms with Crippen molar-refractivity contribution in [3.8, 4) is 0 Å². The van der Waals surface area contributed by atoms with E-state index in [2.05, 4.69) is 27.0 Å². The van der Waals surface area contributed by atoms with E-state index in [4.69, 9.17) is 0 Å². The van der Waals surface area contributed by atoms with Gasteiger partial charge in [-0.05, 0) is 30.4 Å². The molecule has 0 saturated carbocycles. The van der Waals surface area contributed by atoms with Crippen LogP contribution in [0, 0.1) is 5.92 Å². The van der Waals surface area contributed by atoms with E-state index in [0.29, 0.717) is 0 Å². The van der Waals surface area contributed by atoms with E-state index in [1.165, 1.54) is 17.9 Å². The number of thioether (sulfide) groups is 1. The minimum atomic E-state index is 0.865. The van der Waals surface area contributed by atoms with E-state index in [0.717, 1.165) is 24.6 Å². The summed E-state index contributed by atoms with van der Waals surface area (Å²) in [5, 5.41) is 3.45. The minimum absolute atomic E-state index is 0.865. The van der Waals surface area contributed by atoms with Crippen LogP contribution in [0.15, 0.2) is 18.7 Å². The number of hydrogen-bond donors (Lipinski definition) is 1. The lowest BCUT2D eigenvalue weighted by atomic mass is 10.1. The van der Waals surface area contributed by atoms with E-state index in [-0.39, 0.29) is 0 Å². The molecule has 0 spiro atoms. The van der Waals surface area contributed by atoms with E-state index in [1.807, 2.05) is 12.4 Å². The van der Waals surface area contributed by atoms with Gasteiger partial charge in [0.15, 0.2) is 0 Å². The van der Waals surface area contributed by atoms with Crippen LogP contribution in [-0.2, 0) is 6.54 Å². The van der Waals surface area contributed by atoms with Crippen molar-refractivity contribution in [3.63, 3.8) is 0 Å². The summed E-state index contributed by atoms with van der Waals surface area (Å²) in [6, 6.07) is 0. The van der Waals surface area contributed by atoms with E-state index in [9.17, 15) is 0 Å². The van der Waals surface area contributed by atoms with Crippen LogP contribution in [0.1, 0.15) is 12.0 Å². The molecule has 76 valence electrons. The molecule has 0 bridgehead atoms. The first kappa shape index (κ1) is 9.93. The summed E-state index contributed by atoms with van der Waals surface area (Å²) < 4.78 is 0. The Morgan fingerprint density at radius 1 is 1.43 bits per heavy atom. The van der Waals surface area contributed by atoms with Gasteiger partial charge in [-0.3, -0.25) is 0 Å². The molecule has 2 heterocycles. The molecule has 3 nitrogen and oxygen atoms in total. The van der Waals surface area contributed by atoms with E-state index < -0.39 is 0 Å². The van der Waals surface area contributed by atoms with Crippen molar-refractivity contribution in [2.45, 2.75) is 13.0 Å². The summed E-state index contributed by atoms with van der Waals surface area (Å²) in [4.78, 5) is 7.96. The second kappa shape index (κ2) is 5.32. The van der Waals surface area contributed by atoms with Gasteiger partial charge >= 0.3 is 0 Å². The predicted molar refractivity (Wildman–Crippen MR) is 59.2 cm³/mol. The van der Waals surface area contributed by atoms with Gasteiger partial charge in [0.05, 0.1) is 0 Å². The summed E-state index contributed by atoms with van der Waals surface area (Å²) in [6.45, 7) is 2.02. The molecule has 0 amide bonds. The van der Waals surface area contributed by atoms with Gasteiger partial charge in [-0.1, -0.05) is 0 Å². The first-order chi connectivity index (χ1) is 6.95. The first-order valence-electron chi connectivity index (χ1n) is 4.97. The van der Waals surface area contributed by atoms with Crippen LogP contribution in [0.2, 0.25) is 0 Å². The Kier molecular flexibility index (Phi) is 3.77. The normalized spacial score (nSPS) is 21.3. The molecular weight excluding hydrogens is 194 g/mol. The van der Waals surface area contributed by atoms with Crippen molar-refractivity contribution in [1.29, 1.82) is 0 Å². The molecule has 0 radical (unpaired) electrons. The minimum Gasteiger partial charge on any atom is -0.312 e. The van der Waals surface area contributed by atoms with Crippen LogP contribution in [0.3, 0.4) is 0 Å². The maximum atomic E-state index is 3.98. The van der Waals surface area contributed by atoms with Gasteiger partial charge in [-0.25, -0.2) is 9.97 Å². The fourth-order valence-corrected chi connectivity index (χ4v) is 2.87. The van der Waals surface area contributed by atoms with Gasteiger partial charge in [0.2, 0.25) is 0 Å². The lowest BCUT2D eigenvalue weighted by Gasteiger charge is -2.09. The van der Waals surface area contributed by atoms with Gasteiger partial charge in [-0.2, -0.15) is 11.8 Å². The van der Waals surface area contributed by atoms with Crippen LogP contribution in [0.25, 0.3) is 0 Å². The molecule has 1 fully saturated rings. The molecule has 1 aromatic heterocycles. The molecular formula is C10H15N3S. The van der Waals surface area contributed by atoms with Gasteiger partial charge in [-0.15, -0.1) is 0 Å². The Morgan fingerprint density at radius 3 is 3.00 bits per heavy atom. The molecule has 1 saturated heterocycles. The second-order valence-electron chi connectivity index (χ2n) is 3.61. The fraction of sp³-hybridized carbons (Fsp3) is 0.600. The van der Waals surface area contributed by atoms with Crippen molar-refractivity contribution < 1.29 is 0 Å². The summed E-state index contributed by atoms with van der Waals surface area (Å²) in [7, 11) is 0. The predicted octanol–water partition coefficient (Wildman–Crippen LogP) is 1.32. The fourth-order valence-electron chi connectivity index (χ4n) is 1.59. The van der Waals surface area contributed by atoms with Crippen molar-refractivity contribution in [3.05, 3.63) is 24.3 Å². The highest BCUT2D eigenvalue weighted by Gasteiger charge is 2.14. The quantitative estimate of drug-likeness (QED) is 0.811. The zero-order chi connectivity index (χ0) is 9.64. The highest BCUT2D eigenvalue weighted by Crippen LogP contribution is 2.22. The zero-order valence-electron chi connectivity index (χ0n) is 8.15. The smallest absolute Gasteiger partial charge is 0.115 e. The molecule has 14 heavy (non-hydrogen) atoms. The third-order valence-corrected chi connectivity index (χ3v) is 3.63. The molecule has 1 aliphatic rings. The highest BCUT2D eigenvalue weighted by atomic mass is 32.2. The average Bonchev–Trinajstić information content (AvgIpc) is 2.72. The van der Waals surface area contributed by atoms with E-state index in [1.54, 1.807) is 6.33 Å². The Hall–Kier alpha value is -0.610. The van der Waals surface area contributed by atoms with E-state index >= 15 is 0 Å². The van der Waals surface area contributed by atoms with Crippen LogP contribution in [-0.4, -0.2) is 28.0 Å². The van der Waals surface area contributed by atoms with Crippen LogP contribution in [0.4, 0.5) is 0 Å². The molecule has 1 N–H and O–H groups in total. The zero-order valence-corrected chi connectivity index (χ0v) is 8.96. The molecule has 1 aromatic rings. The summed E-state index contributed by atoms with van der Waals surface area (Å²) in [6.07, 6.45) is 6.66. The largest absolute Gasteiger partial charge is 0.312 e. The van der Waals surface area contributed by atoms with Gasteiger partial charge in [0.25, 0.3) is 0 Å². The molecule has 4 heteroatoms. The monoisotopic (exact) mass is 209 g/mol. The highest BCUT2D eigenvalue weighted by molar-refractivity contribution is 7.99. The van der Waals surface area contributed by atoms with Gasteiger partial charge < -0.3 is 5.32 Å². The average molecular weight is 209 g/mol. The second-order valence-corrected chi connectivity index (χ2v) is 4.76. The Morgan fingerprint density at radius 2 is 2.29 bits per heavy atom. The third kappa shape index (κ3) is 2.96. The molecule has 1 unspecified atom stereocenters. The van der Waals surface area contributed by atoms with Crippen molar-refractivity contribution in [2.75, 3.05) is 18.1 Å². The lowest BCUT2D eigenvalue weighted by Crippen LogP contribution is -2.22. The number of nitrogens with zero attached hydrogens (tertiary/aromatic N) is 2. The third-order valence-electron chi connectivity index (χ3n) is 2.40. The topological polar surface area (TPSA) is 37.8 Å². The Balaban J connectivity index is 1.67. The summed E-state index contributed by atoms with van der Waals surface area (Å²) in [5.41, 5.74) is 1.16. The lowest BCUT2D eigenvalue weighted by molar-refractivity contribution is 0.522. The van der Waals surface area contributed by atoms with Crippen LogP contribution in [0.5, 0.6) is 0 Å². The summed E-state index contributed by atoms with van der Waals surface area (Å²) in [5.74, 6) is 3.52. The number of rotatable bonds is 4. The van der Waals surface area contributed by atoms with Gasteiger partial charge in [0.1, 0.15) is 6.33 Å². The molecule has 1 atom stereocenters. The molecule has 2 rings (SSSR count). The number of aromatic nitrogens is 2. The summed E-state index contributed by atoms with van der Waals surface area (Å²) >= 11 is 2.06. The first-order valence-corrected chi connectivity index (χ1v) is 6.13. The molecule has 0 aliphatic carbocycles. The maximum absolute atomic E-state index is 3.98. The van der Waals surface area contributed by atoms with Crippen LogP contribution >= 0.6 is 11.8 Å². The van der Waals surface area contributed by atoms with Crippen molar-refractivity contribution in [2.24, 2.45) is 5.92 Å². The molecule has 0 aromatic carbocycles. The van der Waals surface area contributed by atoms with Gasteiger partial charge in [0, 0.05) is 24.5 Å². The standard InChI is InChI=1S/C10H15N3S/c1-2-14-7-9(1)3-11-4-10-5-12-8-13-6-10/h5-6,8-9,11H,1-4,7H2. The SMILES string of the molecule is c1ncc(CNCC2CCSC2)cn1.